The normalized spacial score (nSPS) is 19.6. The van der Waals surface area contributed by atoms with Gasteiger partial charge < -0.3 is 29.4 Å². The summed E-state index contributed by atoms with van der Waals surface area (Å²) in [5, 5.41) is 13.4. The van der Waals surface area contributed by atoms with E-state index in [9.17, 15) is 9.90 Å². The average molecular weight is 573 g/mol. The SMILES string of the molecule is CCO[C@@H]1OC(C(=O)Nc2ccc(-c3nc4ccc(C)cc4s3)cc2)=C[C@H](c2ccc3c(c2)OCO3)[C@H]1CCCO. The van der Waals surface area contributed by atoms with Crippen molar-refractivity contribution in [1.29, 1.82) is 0 Å². The Labute approximate surface area is 242 Å². The molecule has 9 heteroatoms. The minimum absolute atomic E-state index is 0.0624. The first-order chi connectivity index (χ1) is 20.0. The van der Waals surface area contributed by atoms with Gasteiger partial charge in [-0.2, -0.15) is 0 Å². The van der Waals surface area contributed by atoms with E-state index in [4.69, 9.17) is 23.9 Å². The van der Waals surface area contributed by atoms with Crippen molar-refractivity contribution in [3.8, 4) is 22.1 Å². The second kappa shape index (κ2) is 11.9. The van der Waals surface area contributed by atoms with Crippen LogP contribution in [0.5, 0.6) is 11.5 Å². The number of aliphatic hydroxyl groups is 1. The topological polar surface area (TPSA) is 99.1 Å². The van der Waals surface area contributed by atoms with Crippen molar-refractivity contribution in [3.63, 3.8) is 0 Å². The molecule has 0 radical (unpaired) electrons. The average Bonchev–Trinajstić information content (AvgIpc) is 3.63. The maximum absolute atomic E-state index is 13.5. The van der Waals surface area contributed by atoms with Gasteiger partial charge in [0.15, 0.2) is 17.3 Å². The third kappa shape index (κ3) is 5.79. The molecular weight excluding hydrogens is 540 g/mol. The van der Waals surface area contributed by atoms with Gasteiger partial charge in [0.25, 0.3) is 5.91 Å². The summed E-state index contributed by atoms with van der Waals surface area (Å²) in [4.78, 5) is 18.2. The number of nitrogens with one attached hydrogen (secondary N) is 1. The number of ether oxygens (including phenoxy) is 4. The van der Waals surface area contributed by atoms with Gasteiger partial charge in [-0.1, -0.05) is 12.1 Å². The fraction of sp³-hybridized carbons (Fsp3) is 0.312. The maximum atomic E-state index is 13.5. The van der Waals surface area contributed by atoms with E-state index in [0.717, 1.165) is 26.4 Å². The molecule has 0 saturated heterocycles. The number of anilines is 1. The van der Waals surface area contributed by atoms with Crippen LogP contribution in [0.2, 0.25) is 0 Å². The molecule has 0 bridgehead atoms. The van der Waals surface area contributed by atoms with E-state index >= 15 is 0 Å². The second-order valence-corrected chi connectivity index (χ2v) is 11.2. The van der Waals surface area contributed by atoms with Gasteiger partial charge in [-0.05, 0) is 92.4 Å². The molecule has 212 valence electrons. The molecule has 0 aliphatic carbocycles. The third-order valence-electron chi connectivity index (χ3n) is 7.35. The van der Waals surface area contributed by atoms with E-state index in [0.29, 0.717) is 36.6 Å². The number of rotatable bonds is 9. The van der Waals surface area contributed by atoms with Crippen LogP contribution in [-0.4, -0.2) is 42.3 Å². The standard InChI is InChI=1S/C32H32N2O6S/c1-3-37-32-23(5-4-14-35)24(21-9-13-26-27(16-21)39-18-38-26)17-28(40-32)30(36)33-22-10-7-20(8-11-22)31-34-25-12-6-19(2)15-29(25)41-31/h6-13,15-17,23-24,32,35H,3-5,14,18H2,1-2H3,(H,33,36)/t23-,24-,32-/m1/s1. The fourth-order valence-electron chi connectivity index (χ4n) is 5.31. The zero-order valence-corrected chi connectivity index (χ0v) is 23.8. The number of thiazole rings is 1. The molecule has 8 nitrogen and oxygen atoms in total. The van der Waals surface area contributed by atoms with Crippen LogP contribution in [0.25, 0.3) is 20.8 Å². The number of fused-ring (bicyclic) bond motifs is 2. The van der Waals surface area contributed by atoms with E-state index in [-0.39, 0.29) is 36.9 Å². The number of amides is 1. The largest absolute Gasteiger partial charge is 0.459 e. The van der Waals surface area contributed by atoms with Crippen molar-refractivity contribution in [2.24, 2.45) is 5.92 Å². The summed E-state index contributed by atoms with van der Waals surface area (Å²) in [7, 11) is 0. The molecule has 3 heterocycles. The van der Waals surface area contributed by atoms with Gasteiger partial charge >= 0.3 is 0 Å². The molecule has 0 fully saturated rings. The first-order valence-corrected chi connectivity index (χ1v) is 14.6. The fourth-order valence-corrected chi connectivity index (χ4v) is 6.38. The summed E-state index contributed by atoms with van der Waals surface area (Å²) < 4.78 is 24.4. The molecule has 41 heavy (non-hydrogen) atoms. The van der Waals surface area contributed by atoms with Gasteiger partial charge in [0.1, 0.15) is 5.01 Å². The second-order valence-electron chi connectivity index (χ2n) is 10.2. The lowest BCUT2D eigenvalue weighted by atomic mass is 9.80. The maximum Gasteiger partial charge on any atom is 0.290 e. The number of nitrogens with zero attached hydrogens (tertiary/aromatic N) is 1. The summed E-state index contributed by atoms with van der Waals surface area (Å²) in [6.45, 7) is 4.64. The van der Waals surface area contributed by atoms with Gasteiger partial charge in [-0.3, -0.25) is 4.79 Å². The van der Waals surface area contributed by atoms with Crippen molar-refractivity contribution < 1.29 is 28.8 Å². The molecule has 3 atom stereocenters. The number of carbonyl (C=O) groups is 1. The Morgan fingerprint density at radius 3 is 2.73 bits per heavy atom. The molecule has 1 amide bonds. The molecule has 2 N–H and O–H groups in total. The summed E-state index contributed by atoms with van der Waals surface area (Å²) in [5.74, 6) is 0.912. The van der Waals surface area contributed by atoms with Crippen LogP contribution < -0.4 is 14.8 Å². The summed E-state index contributed by atoms with van der Waals surface area (Å²) in [6.07, 6.45) is 2.47. The number of hydrogen-bond acceptors (Lipinski definition) is 8. The molecule has 6 rings (SSSR count). The number of aryl methyl sites for hydroxylation is 1. The first-order valence-electron chi connectivity index (χ1n) is 13.8. The van der Waals surface area contributed by atoms with Crippen LogP contribution in [0.3, 0.4) is 0 Å². The molecule has 4 aromatic rings. The minimum Gasteiger partial charge on any atom is -0.459 e. The van der Waals surface area contributed by atoms with Gasteiger partial charge in [0.05, 0.1) is 10.2 Å². The quantitative estimate of drug-likeness (QED) is 0.240. The Hall–Kier alpha value is -3.92. The molecule has 2 aliphatic rings. The Morgan fingerprint density at radius 2 is 1.93 bits per heavy atom. The van der Waals surface area contributed by atoms with Crippen LogP contribution in [-0.2, 0) is 14.3 Å². The van der Waals surface area contributed by atoms with Crippen LogP contribution in [0.15, 0.2) is 72.5 Å². The number of allylic oxidation sites excluding steroid dienone is 1. The van der Waals surface area contributed by atoms with Crippen molar-refractivity contribution in [2.75, 3.05) is 25.3 Å². The lowest BCUT2D eigenvalue weighted by Gasteiger charge is -2.37. The minimum atomic E-state index is -0.641. The van der Waals surface area contributed by atoms with Crippen molar-refractivity contribution in [1.82, 2.24) is 4.98 Å². The summed E-state index contributed by atoms with van der Waals surface area (Å²) >= 11 is 1.65. The Kier molecular flexibility index (Phi) is 7.91. The molecule has 0 saturated carbocycles. The smallest absolute Gasteiger partial charge is 0.290 e. The zero-order valence-electron chi connectivity index (χ0n) is 23.0. The highest BCUT2D eigenvalue weighted by Crippen LogP contribution is 2.43. The van der Waals surface area contributed by atoms with Crippen molar-refractivity contribution in [3.05, 3.63) is 83.6 Å². The Balaban J connectivity index is 1.24. The highest BCUT2D eigenvalue weighted by molar-refractivity contribution is 7.21. The summed E-state index contributed by atoms with van der Waals surface area (Å²) in [6, 6.07) is 19.7. The van der Waals surface area contributed by atoms with Crippen LogP contribution >= 0.6 is 11.3 Å². The van der Waals surface area contributed by atoms with Crippen LogP contribution in [0.1, 0.15) is 36.8 Å². The van der Waals surface area contributed by atoms with E-state index in [2.05, 4.69) is 24.4 Å². The van der Waals surface area contributed by atoms with E-state index in [1.54, 1.807) is 11.3 Å². The molecule has 1 aromatic heterocycles. The van der Waals surface area contributed by atoms with Gasteiger partial charge in [0.2, 0.25) is 13.1 Å². The number of aromatic nitrogens is 1. The number of carbonyl (C=O) groups excluding carboxylic acids is 1. The van der Waals surface area contributed by atoms with Crippen molar-refractivity contribution >= 4 is 33.1 Å². The number of benzene rings is 3. The zero-order chi connectivity index (χ0) is 28.3. The van der Waals surface area contributed by atoms with E-state index in [1.807, 2.05) is 61.5 Å². The molecule has 3 aromatic carbocycles. The predicted octanol–water partition coefficient (Wildman–Crippen LogP) is 6.39. The first kappa shape index (κ1) is 27.3. The van der Waals surface area contributed by atoms with Gasteiger partial charge in [-0.15, -0.1) is 11.3 Å². The summed E-state index contributed by atoms with van der Waals surface area (Å²) in [5.41, 5.74) is 4.78. The third-order valence-corrected chi connectivity index (χ3v) is 8.42. The predicted molar refractivity (Wildman–Crippen MR) is 158 cm³/mol. The Bertz CT molecular complexity index is 1580. The van der Waals surface area contributed by atoms with Gasteiger partial charge in [-0.25, -0.2) is 4.98 Å². The van der Waals surface area contributed by atoms with Crippen molar-refractivity contribution in [2.45, 2.75) is 38.9 Å². The molecule has 2 aliphatic heterocycles. The van der Waals surface area contributed by atoms with Crippen LogP contribution in [0, 0.1) is 12.8 Å². The number of aliphatic hydroxyl groups excluding tert-OH is 1. The monoisotopic (exact) mass is 572 g/mol. The van der Waals surface area contributed by atoms with E-state index in [1.165, 1.54) is 5.56 Å². The molecule has 0 spiro atoms. The lowest BCUT2D eigenvalue weighted by molar-refractivity contribution is -0.165. The number of hydrogen-bond donors (Lipinski definition) is 2. The lowest BCUT2D eigenvalue weighted by Crippen LogP contribution is -2.37. The van der Waals surface area contributed by atoms with E-state index < -0.39 is 6.29 Å². The van der Waals surface area contributed by atoms with Gasteiger partial charge in [0, 0.05) is 36.3 Å². The highest BCUT2D eigenvalue weighted by atomic mass is 32.1. The van der Waals surface area contributed by atoms with Crippen LogP contribution in [0.4, 0.5) is 5.69 Å². The molecular formula is C32H32N2O6S. The highest BCUT2D eigenvalue weighted by Gasteiger charge is 2.38. The molecule has 0 unspecified atom stereocenters. The Morgan fingerprint density at radius 1 is 1.10 bits per heavy atom.